The van der Waals surface area contributed by atoms with Crippen molar-refractivity contribution in [3.8, 4) is 5.69 Å². The molecule has 8 heteroatoms. The molecule has 1 fully saturated rings. The molecule has 8 nitrogen and oxygen atoms in total. The molecule has 1 amide bonds. The van der Waals surface area contributed by atoms with Crippen LogP contribution in [0.15, 0.2) is 36.4 Å². The zero-order valence-corrected chi connectivity index (χ0v) is 13.7. The predicted octanol–water partition coefficient (Wildman–Crippen LogP) is 1.27. The number of aromatic nitrogens is 3. The lowest BCUT2D eigenvalue weighted by atomic mass is 10.3. The predicted molar refractivity (Wildman–Crippen MR) is 93.7 cm³/mol. The monoisotopic (exact) mass is 337 g/mol. The third-order valence-corrected chi connectivity index (χ3v) is 4.63. The van der Waals surface area contributed by atoms with E-state index in [-0.39, 0.29) is 5.91 Å². The molecule has 0 spiro atoms. The molecule has 2 aliphatic heterocycles. The van der Waals surface area contributed by atoms with Gasteiger partial charge in [-0.25, -0.2) is 9.67 Å². The van der Waals surface area contributed by atoms with Crippen molar-refractivity contribution in [2.75, 3.05) is 18.0 Å². The summed E-state index contributed by atoms with van der Waals surface area (Å²) in [5.41, 5.74) is 7.86. The van der Waals surface area contributed by atoms with Crippen molar-refractivity contribution in [1.82, 2.24) is 19.7 Å². The molecule has 0 aromatic carbocycles. The number of hydrogen-bond acceptors (Lipinski definition) is 6. The second-order valence-corrected chi connectivity index (χ2v) is 6.13. The number of nitrogens with two attached hydrogens (primary N) is 1. The molecule has 0 saturated carbocycles. The topological polar surface area (TPSA) is 104 Å². The van der Waals surface area contributed by atoms with Crippen molar-refractivity contribution in [2.24, 2.45) is 5.73 Å². The minimum absolute atomic E-state index is 0.192. The largest absolute Gasteiger partial charge is 0.403 e. The standard InChI is InChI=1S/C17H19N7O/c18-7-13(8-19)23-11-15-14(17(23)25)10-24(21-15)12-3-4-16(20-9-12)22-5-1-2-6-22/h3-4,7-10,18H,1-2,5-6,11,19H2. The summed E-state index contributed by atoms with van der Waals surface area (Å²) in [6.45, 7) is 2.42. The molecule has 25 heavy (non-hydrogen) atoms. The van der Waals surface area contributed by atoms with E-state index in [1.807, 2.05) is 12.1 Å². The normalized spacial score (nSPS) is 17.3. The summed E-state index contributed by atoms with van der Waals surface area (Å²) in [4.78, 5) is 20.7. The molecule has 3 N–H and O–H groups in total. The molecule has 1 saturated heterocycles. The zero-order chi connectivity index (χ0) is 17.4. The van der Waals surface area contributed by atoms with Gasteiger partial charge in [0, 0.05) is 31.7 Å². The Kier molecular flexibility index (Phi) is 3.72. The Morgan fingerprint density at radius 1 is 1.28 bits per heavy atom. The Morgan fingerprint density at radius 2 is 2.08 bits per heavy atom. The molecule has 4 rings (SSSR count). The summed E-state index contributed by atoms with van der Waals surface area (Å²) in [6, 6.07) is 3.96. The van der Waals surface area contributed by atoms with Gasteiger partial charge in [-0.15, -0.1) is 0 Å². The Labute approximate surface area is 145 Å². The van der Waals surface area contributed by atoms with Crippen LogP contribution in [0.5, 0.6) is 0 Å². The number of anilines is 1. The SMILES string of the molecule is N=CC(=CN)N1Cc2nn(-c3ccc(N4CCCC4)nc3)cc2C1=O. The molecule has 2 aromatic heterocycles. The van der Waals surface area contributed by atoms with Crippen LogP contribution in [0, 0.1) is 5.41 Å². The number of allylic oxidation sites excluding steroid dienone is 1. The van der Waals surface area contributed by atoms with Crippen LogP contribution in [0.25, 0.3) is 5.69 Å². The van der Waals surface area contributed by atoms with Crippen molar-refractivity contribution < 1.29 is 4.79 Å². The first kappa shape index (κ1) is 15.4. The van der Waals surface area contributed by atoms with Crippen molar-refractivity contribution >= 4 is 17.9 Å². The van der Waals surface area contributed by atoms with Gasteiger partial charge < -0.3 is 16.0 Å². The number of carbonyl (C=O) groups is 1. The van der Waals surface area contributed by atoms with Crippen LogP contribution in [0.4, 0.5) is 5.82 Å². The Balaban J connectivity index is 1.57. The van der Waals surface area contributed by atoms with Gasteiger partial charge in [-0.05, 0) is 25.0 Å². The van der Waals surface area contributed by atoms with Crippen molar-refractivity contribution in [2.45, 2.75) is 19.4 Å². The van der Waals surface area contributed by atoms with E-state index in [0.29, 0.717) is 23.5 Å². The Hall–Kier alpha value is -3.16. The average molecular weight is 337 g/mol. The molecule has 0 unspecified atom stereocenters. The highest BCUT2D eigenvalue weighted by molar-refractivity contribution is 6.01. The highest BCUT2D eigenvalue weighted by Gasteiger charge is 2.32. The molecule has 128 valence electrons. The molecule has 2 aliphatic rings. The van der Waals surface area contributed by atoms with Crippen molar-refractivity contribution in [1.29, 1.82) is 5.41 Å². The Morgan fingerprint density at radius 3 is 2.68 bits per heavy atom. The lowest BCUT2D eigenvalue weighted by Crippen LogP contribution is -2.25. The smallest absolute Gasteiger partial charge is 0.262 e. The van der Waals surface area contributed by atoms with E-state index in [2.05, 4.69) is 15.0 Å². The molecule has 0 radical (unpaired) electrons. The lowest BCUT2D eigenvalue weighted by Gasteiger charge is -2.16. The number of nitrogens with zero attached hydrogens (tertiary/aromatic N) is 5. The maximum absolute atomic E-state index is 12.5. The van der Waals surface area contributed by atoms with Crippen molar-refractivity contribution in [3.63, 3.8) is 0 Å². The van der Waals surface area contributed by atoms with Crippen LogP contribution in [0.1, 0.15) is 28.9 Å². The molecule has 0 aliphatic carbocycles. The van der Waals surface area contributed by atoms with E-state index in [1.165, 1.54) is 23.9 Å². The van der Waals surface area contributed by atoms with Gasteiger partial charge in [0.15, 0.2) is 0 Å². The quantitative estimate of drug-likeness (QED) is 0.818. The minimum atomic E-state index is -0.192. The molecular formula is C17H19N7O. The highest BCUT2D eigenvalue weighted by Crippen LogP contribution is 2.26. The van der Waals surface area contributed by atoms with Crippen molar-refractivity contribution in [3.05, 3.63) is 47.7 Å². The molecule has 4 heterocycles. The van der Waals surface area contributed by atoms with E-state index in [4.69, 9.17) is 11.1 Å². The lowest BCUT2D eigenvalue weighted by molar-refractivity contribution is 0.0833. The maximum Gasteiger partial charge on any atom is 0.262 e. The first-order valence-electron chi connectivity index (χ1n) is 8.25. The van der Waals surface area contributed by atoms with Gasteiger partial charge in [-0.3, -0.25) is 9.69 Å². The number of amides is 1. The zero-order valence-electron chi connectivity index (χ0n) is 13.7. The molecule has 0 atom stereocenters. The van der Waals surface area contributed by atoms with Crippen LogP contribution in [-0.2, 0) is 6.54 Å². The number of nitrogens with one attached hydrogen (secondary N) is 1. The van der Waals surface area contributed by atoms with Gasteiger partial charge in [-0.1, -0.05) is 0 Å². The van der Waals surface area contributed by atoms with Gasteiger partial charge in [-0.2, -0.15) is 5.10 Å². The minimum Gasteiger partial charge on any atom is -0.403 e. The molecular weight excluding hydrogens is 318 g/mol. The van der Waals surface area contributed by atoms with Gasteiger partial charge >= 0.3 is 0 Å². The Bertz CT molecular complexity index is 846. The van der Waals surface area contributed by atoms with Gasteiger partial charge in [0.1, 0.15) is 5.82 Å². The van der Waals surface area contributed by atoms with Gasteiger partial charge in [0.25, 0.3) is 5.91 Å². The summed E-state index contributed by atoms with van der Waals surface area (Å²) in [6.07, 6.45) is 8.24. The summed E-state index contributed by atoms with van der Waals surface area (Å²) in [5, 5.41) is 11.8. The van der Waals surface area contributed by atoms with Crippen LogP contribution < -0.4 is 10.6 Å². The number of fused-ring (bicyclic) bond motifs is 1. The maximum atomic E-state index is 12.5. The first-order chi connectivity index (χ1) is 12.2. The fraction of sp³-hybridized carbons (Fsp3) is 0.294. The molecule has 0 bridgehead atoms. The van der Waals surface area contributed by atoms with Gasteiger partial charge in [0.2, 0.25) is 0 Å². The van der Waals surface area contributed by atoms with E-state index >= 15 is 0 Å². The van der Waals surface area contributed by atoms with Crippen LogP contribution in [-0.4, -0.2) is 44.9 Å². The summed E-state index contributed by atoms with van der Waals surface area (Å²) < 4.78 is 1.68. The van der Waals surface area contributed by atoms with E-state index in [1.54, 1.807) is 17.1 Å². The number of carbonyl (C=O) groups excluding carboxylic acids is 1. The van der Waals surface area contributed by atoms with Crippen LogP contribution >= 0.6 is 0 Å². The number of rotatable bonds is 4. The highest BCUT2D eigenvalue weighted by atomic mass is 16.2. The summed E-state index contributed by atoms with van der Waals surface area (Å²) in [5.74, 6) is 0.787. The summed E-state index contributed by atoms with van der Waals surface area (Å²) >= 11 is 0. The van der Waals surface area contributed by atoms with E-state index < -0.39 is 0 Å². The van der Waals surface area contributed by atoms with Crippen LogP contribution in [0.3, 0.4) is 0 Å². The average Bonchev–Trinajstić information content (AvgIpc) is 3.36. The number of pyridine rings is 1. The second-order valence-electron chi connectivity index (χ2n) is 6.13. The fourth-order valence-electron chi connectivity index (χ4n) is 3.28. The third-order valence-electron chi connectivity index (χ3n) is 4.63. The molecule has 2 aromatic rings. The van der Waals surface area contributed by atoms with E-state index in [0.717, 1.165) is 30.8 Å². The third kappa shape index (κ3) is 2.55. The van der Waals surface area contributed by atoms with E-state index in [9.17, 15) is 4.79 Å². The van der Waals surface area contributed by atoms with Gasteiger partial charge in [0.05, 0.1) is 35.4 Å². The number of hydrogen-bond donors (Lipinski definition) is 2. The van der Waals surface area contributed by atoms with Crippen LogP contribution in [0.2, 0.25) is 0 Å². The summed E-state index contributed by atoms with van der Waals surface area (Å²) in [7, 11) is 0. The fourth-order valence-corrected chi connectivity index (χ4v) is 3.28. The first-order valence-corrected chi connectivity index (χ1v) is 8.25. The second kappa shape index (κ2) is 6.04.